The molecule has 1 aliphatic heterocycles. The van der Waals surface area contributed by atoms with Gasteiger partial charge in [0.05, 0.1) is 0 Å². The van der Waals surface area contributed by atoms with E-state index in [2.05, 4.69) is 18.7 Å². The summed E-state index contributed by atoms with van der Waals surface area (Å²) in [5.74, 6) is 0.760. The lowest BCUT2D eigenvalue weighted by Gasteiger charge is -2.38. The predicted octanol–water partition coefficient (Wildman–Crippen LogP) is 1.73. The number of amides is 1. The van der Waals surface area contributed by atoms with Crippen LogP contribution in [0.15, 0.2) is 0 Å². The van der Waals surface area contributed by atoms with E-state index in [4.69, 9.17) is 0 Å². The van der Waals surface area contributed by atoms with E-state index in [0.29, 0.717) is 23.9 Å². The quantitative estimate of drug-likeness (QED) is 0.729. The second-order valence-electron chi connectivity index (χ2n) is 5.58. The molecule has 1 saturated carbocycles. The van der Waals surface area contributed by atoms with E-state index in [0.717, 1.165) is 38.8 Å². The van der Waals surface area contributed by atoms with Gasteiger partial charge in [0.15, 0.2) is 0 Å². The summed E-state index contributed by atoms with van der Waals surface area (Å²) in [5, 5.41) is 0. The zero-order valence-corrected chi connectivity index (χ0v) is 10.8. The molecule has 0 spiro atoms. The van der Waals surface area contributed by atoms with Crippen LogP contribution in [0.1, 0.15) is 39.5 Å². The fourth-order valence-electron chi connectivity index (χ4n) is 2.59. The normalized spacial score (nSPS) is 23.8. The van der Waals surface area contributed by atoms with Gasteiger partial charge in [-0.25, -0.2) is 0 Å². The maximum absolute atomic E-state index is 11.9. The Balaban J connectivity index is 1.81. The highest BCUT2D eigenvalue weighted by atomic mass is 16.2. The van der Waals surface area contributed by atoms with Crippen molar-refractivity contribution < 1.29 is 4.79 Å². The number of nitrogens with zero attached hydrogens (tertiary/aromatic N) is 2. The molecule has 0 unspecified atom stereocenters. The van der Waals surface area contributed by atoms with Crippen LogP contribution in [0.3, 0.4) is 0 Å². The maximum atomic E-state index is 11.9. The Labute approximate surface area is 98.8 Å². The Bertz CT molecular complexity index is 253. The molecule has 0 N–H and O–H groups in total. The number of likely N-dealkylation sites (tertiary alicyclic amines) is 1. The highest BCUT2D eigenvalue weighted by Gasteiger charge is 2.35. The van der Waals surface area contributed by atoms with Crippen LogP contribution in [0.25, 0.3) is 0 Å². The number of carbonyl (C=O) groups excluding carboxylic acids is 1. The molecular formula is C13H24N2O. The Morgan fingerprint density at radius 2 is 1.75 bits per heavy atom. The van der Waals surface area contributed by atoms with Crippen molar-refractivity contribution >= 4 is 5.91 Å². The number of carbonyl (C=O) groups is 1. The molecule has 1 aliphatic carbocycles. The molecule has 0 bridgehead atoms. The van der Waals surface area contributed by atoms with Crippen molar-refractivity contribution in [3.05, 3.63) is 0 Å². The van der Waals surface area contributed by atoms with Crippen LogP contribution < -0.4 is 0 Å². The van der Waals surface area contributed by atoms with Gasteiger partial charge in [0.1, 0.15) is 0 Å². The lowest BCUT2D eigenvalue weighted by molar-refractivity contribution is -0.134. The number of rotatable bonds is 3. The summed E-state index contributed by atoms with van der Waals surface area (Å²) in [4.78, 5) is 16.5. The highest BCUT2D eigenvalue weighted by molar-refractivity contribution is 5.81. The molecule has 0 aromatic carbocycles. The van der Waals surface area contributed by atoms with Crippen LogP contribution in [0.4, 0.5) is 0 Å². The molecular weight excluding hydrogens is 200 g/mol. The fraction of sp³-hybridized carbons (Fsp3) is 0.923. The Morgan fingerprint density at radius 1 is 1.19 bits per heavy atom. The van der Waals surface area contributed by atoms with E-state index < -0.39 is 0 Å². The molecule has 2 fully saturated rings. The van der Waals surface area contributed by atoms with Crippen molar-refractivity contribution in [2.24, 2.45) is 5.92 Å². The van der Waals surface area contributed by atoms with Gasteiger partial charge in [0.25, 0.3) is 0 Å². The minimum atomic E-state index is 0.369. The van der Waals surface area contributed by atoms with E-state index in [-0.39, 0.29) is 0 Å². The van der Waals surface area contributed by atoms with Crippen molar-refractivity contribution in [3.8, 4) is 0 Å². The lowest BCUT2D eigenvalue weighted by Crippen LogP contribution is -2.47. The minimum absolute atomic E-state index is 0.369. The maximum Gasteiger partial charge on any atom is 0.225 e. The minimum Gasteiger partial charge on any atom is -0.342 e. The topological polar surface area (TPSA) is 23.6 Å². The monoisotopic (exact) mass is 224 g/mol. The highest BCUT2D eigenvalue weighted by Crippen LogP contribution is 2.32. The summed E-state index contributed by atoms with van der Waals surface area (Å²) in [5.41, 5.74) is 0. The summed E-state index contributed by atoms with van der Waals surface area (Å²) in [6.07, 6.45) is 4.53. The Morgan fingerprint density at radius 3 is 2.19 bits per heavy atom. The van der Waals surface area contributed by atoms with Gasteiger partial charge in [-0.3, -0.25) is 4.79 Å². The van der Waals surface area contributed by atoms with Crippen molar-refractivity contribution in [3.63, 3.8) is 0 Å². The van der Waals surface area contributed by atoms with Gasteiger partial charge in [0, 0.05) is 38.1 Å². The second kappa shape index (κ2) is 4.74. The van der Waals surface area contributed by atoms with Gasteiger partial charge in [0.2, 0.25) is 5.91 Å². The largest absolute Gasteiger partial charge is 0.342 e. The van der Waals surface area contributed by atoms with Crippen LogP contribution >= 0.6 is 0 Å². The molecule has 2 rings (SSSR count). The number of hydrogen-bond acceptors (Lipinski definition) is 2. The molecule has 1 amide bonds. The molecule has 3 nitrogen and oxygen atoms in total. The zero-order valence-electron chi connectivity index (χ0n) is 10.8. The number of hydrogen-bond donors (Lipinski definition) is 0. The van der Waals surface area contributed by atoms with E-state index in [1.165, 1.54) is 0 Å². The van der Waals surface area contributed by atoms with Crippen LogP contribution in [-0.2, 0) is 4.79 Å². The first-order valence-electron chi connectivity index (χ1n) is 6.60. The summed E-state index contributed by atoms with van der Waals surface area (Å²) >= 11 is 0. The van der Waals surface area contributed by atoms with Gasteiger partial charge < -0.3 is 9.80 Å². The van der Waals surface area contributed by atoms with Crippen molar-refractivity contribution in [1.82, 2.24) is 9.80 Å². The van der Waals surface area contributed by atoms with Crippen molar-refractivity contribution in [2.45, 2.75) is 51.6 Å². The van der Waals surface area contributed by atoms with Gasteiger partial charge >= 0.3 is 0 Å². The molecule has 0 atom stereocenters. The van der Waals surface area contributed by atoms with Gasteiger partial charge in [-0.1, -0.05) is 0 Å². The van der Waals surface area contributed by atoms with Crippen molar-refractivity contribution in [1.29, 1.82) is 0 Å². The van der Waals surface area contributed by atoms with E-state index >= 15 is 0 Å². The lowest BCUT2D eigenvalue weighted by atomic mass is 10.0. The third kappa shape index (κ3) is 2.57. The fourth-order valence-corrected chi connectivity index (χ4v) is 2.59. The molecule has 0 radical (unpaired) electrons. The molecule has 16 heavy (non-hydrogen) atoms. The Kier molecular flexibility index (Phi) is 3.53. The van der Waals surface area contributed by atoms with Crippen LogP contribution in [0.5, 0.6) is 0 Å². The summed E-state index contributed by atoms with van der Waals surface area (Å²) in [6.45, 7) is 6.79. The van der Waals surface area contributed by atoms with Gasteiger partial charge in [-0.05, 0) is 39.5 Å². The Hall–Kier alpha value is -0.570. The van der Waals surface area contributed by atoms with E-state index in [9.17, 15) is 4.79 Å². The molecule has 92 valence electrons. The van der Waals surface area contributed by atoms with Crippen LogP contribution in [0.2, 0.25) is 0 Å². The standard InChI is InChI=1S/C13H24N2O/c1-10(2)15-8-6-12(7-9-15)14(3)13(16)11-4-5-11/h10-12H,4-9H2,1-3H3. The summed E-state index contributed by atoms with van der Waals surface area (Å²) in [7, 11) is 2.00. The first kappa shape index (κ1) is 11.9. The first-order chi connectivity index (χ1) is 7.59. The zero-order chi connectivity index (χ0) is 11.7. The van der Waals surface area contributed by atoms with Crippen LogP contribution in [-0.4, -0.2) is 47.9 Å². The van der Waals surface area contributed by atoms with Crippen molar-refractivity contribution in [2.75, 3.05) is 20.1 Å². The third-order valence-corrected chi connectivity index (χ3v) is 4.05. The SMILES string of the molecule is CC(C)N1CCC(N(C)C(=O)C2CC2)CC1. The number of piperidine rings is 1. The molecule has 2 aliphatic rings. The molecule has 1 saturated heterocycles. The predicted molar refractivity (Wildman–Crippen MR) is 65.2 cm³/mol. The van der Waals surface area contributed by atoms with Gasteiger partial charge in [-0.2, -0.15) is 0 Å². The summed E-state index contributed by atoms with van der Waals surface area (Å²) in [6, 6.07) is 1.13. The average Bonchev–Trinajstić information content (AvgIpc) is 3.11. The molecule has 1 heterocycles. The van der Waals surface area contributed by atoms with Crippen LogP contribution in [0, 0.1) is 5.92 Å². The van der Waals surface area contributed by atoms with E-state index in [1.807, 2.05) is 11.9 Å². The smallest absolute Gasteiger partial charge is 0.225 e. The van der Waals surface area contributed by atoms with E-state index in [1.54, 1.807) is 0 Å². The molecule has 0 aromatic rings. The first-order valence-corrected chi connectivity index (χ1v) is 6.60. The second-order valence-corrected chi connectivity index (χ2v) is 5.58. The molecule has 3 heteroatoms. The molecule has 0 aromatic heterocycles. The van der Waals surface area contributed by atoms with Gasteiger partial charge in [-0.15, -0.1) is 0 Å². The average molecular weight is 224 g/mol. The third-order valence-electron chi connectivity index (χ3n) is 4.05. The summed E-state index contributed by atoms with van der Waals surface area (Å²) < 4.78 is 0.